The van der Waals surface area contributed by atoms with Crippen molar-refractivity contribution < 1.29 is 0 Å². The maximum atomic E-state index is 6.01. The maximum Gasteiger partial charge on any atom is 0.188 e. The number of aromatic amines is 1. The second-order valence-corrected chi connectivity index (χ2v) is 6.40. The van der Waals surface area contributed by atoms with Gasteiger partial charge in [-0.25, -0.2) is 4.98 Å². The minimum Gasteiger partial charge on any atom is -0.370 e. The first-order chi connectivity index (χ1) is 11.3. The van der Waals surface area contributed by atoms with E-state index in [0.29, 0.717) is 12.0 Å². The maximum absolute atomic E-state index is 6.01. The fourth-order valence-electron chi connectivity index (χ4n) is 3.25. The number of fused-ring (bicyclic) bond motifs is 1. The fraction of sp³-hybridized carbons (Fsp3) is 0.556. The molecule has 0 aliphatic heterocycles. The normalized spacial score (nSPS) is 16.6. The Morgan fingerprint density at radius 3 is 2.71 bits per heavy atom. The summed E-state index contributed by atoms with van der Waals surface area (Å²) in [6.45, 7) is 0.739. The molecule has 1 aliphatic rings. The highest BCUT2D eigenvalue weighted by atomic mass is 127. The van der Waals surface area contributed by atoms with Gasteiger partial charge in [0.1, 0.15) is 5.82 Å². The monoisotopic (exact) mass is 441 g/mol. The van der Waals surface area contributed by atoms with Crippen molar-refractivity contribution in [1.29, 1.82) is 0 Å². The SMILES string of the molecule is I.NC(=NCCCc1nc2ccccc2[nH]1)NC1CCCCCC1. The summed E-state index contributed by atoms with van der Waals surface area (Å²) in [4.78, 5) is 12.4. The van der Waals surface area contributed by atoms with Crippen molar-refractivity contribution in [3.8, 4) is 0 Å². The molecule has 4 N–H and O–H groups in total. The van der Waals surface area contributed by atoms with Crippen LogP contribution in [0.25, 0.3) is 11.0 Å². The first-order valence-electron chi connectivity index (χ1n) is 8.81. The van der Waals surface area contributed by atoms with Crippen molar-refractivity contribution in [3.63, 3.8) is 0 Å². The molecule has 0 spiro atoms. The van der Waals surface area contributed by atoms with Gasteiger partial charge in [0.25, 0.3) is 0 Å². The Balaban J connectivity index is 0.00000208. The van der Waals surface area contributed by atoms with E-state index in [1.54, 1.807) is 0 Å². The fourth-order valence-corrected chi connectivity index (χ4v) is 3.25. The number of para-hydroxylation sites is 2. The Hall–Kier alpha value is -1.31. The molecule has 3 rings (SSSR count). The predicted molar refractivity (Wildman–Crippen MR) is 111 cm³/mol. The molecule has 1 heterocycles. The molecular weight excluding hydrogens is 413 g/mol. The summed E-state index contributed by atoms with van der Waals surface area (Å²) < 4.78 is 0. The predicted octanol–water partition coefficient (Wildman–Crippen LogP) is 3.74. The average molecular weight is 441 g/mol. The van der Waals surface area contributed by atoms with Crippen LogP contribution in [-0.2, 0) is 6.42 Å². The van der Waals surface area contributed by atoms with Gasteiger partial charge < -0.3 is 16.0 Å². The number of nitrogens with one attached hydrogen (secondary N) is 2. The number of hydrogen-bond donors (Lipinski definition) is 3. The number of benzene rings is 1. The van der Waals surface area contributed by atoms with Gasteiger partial charge in [-0.15, -0.1) is 24.0 Å². The standard InChI is InChI=1S/C18H27N5.HI/c19-18(21-14-8-3-1-2-4-9-14)20-13-7-12-17-22-15-10-5-6-11-16(15)23-17;/h5-6,10-11,14H,1-4,7-9,12-13H2,(H,22,23)(H3,19,20,21);1H. The average Bonchev–Trinajstić information content (AvgIpc) is 2.80. The number of aliphatic imine (C=N–C) groups is 1. The summed E-state index contributed by atoms with van der Waals surface area (Å²) >= 11 is 0. The van der Waals surface area contributed by atoms with Gasteiger partial charge in [-0.2, -0.15) is 0 Å². The molecule has 1 aromatic carbocycles. The van der Waals surface area contributed by atoms with Gasteiger partial charge in [0.15, 0.2) is 5.96 Å². The van der Waals surface area contributed by atoms with E-state index < -0.39 is 0 Å². The van der Waals surface area contributed by atoms with E-state index in [2.05, 4.69) is 26.3 Å². The summed E-state index contributed by atoms with van der Waals surface area (Å²) in [7, 11) is 0. The molecule has 1 fully saturated rings. The Bertz CT molecular complexity index is 611. The highest BCUT2D eigenvalue weighted by Gasteiger charge is 2.12. The second kappa shape index (κ2) is 9.86. The Kier molecular flexibility index (Phi) is 7.81. The van der Waals surface area contributed by atoms with Crippen molar-refractivity contribution in [2.24, 2.45) is 10.7 Å². The number of hydrogen-bond acceptors (Lipinski definition) is 2. The molecule has 1 aromatic heterocycles. The quantitative estimate of drug-likeness (QED) is 0.218. The van der Waals surface area contributed by atoms with E-state index in [4.69, 9.17) is 5.73 Å². The number of guanidine groups is 1. The number of halogens is 1. The molecule has 0 saturated heterocycles. The highest BCUT2D eigenvalue weighted by Crippen LogP contribution is 2.17. The van der Waals surface area contributed by atoms with E-state index in [-0.39, 0.29) is 24.0 Å². The van der Waals surface area contributed by atoms with Crippen LogP contribution in [-0.4, -0.2) is 28.5 Å². The molecule has 1 saturated carbocycles. The van der Waals surface area contributed by atoms with Crippen LogP contribution in [0.15, 0.2) is 29.3 Å². The molecular formula is C18H28IN5. The van der Waals surface area contributed by atoms with Crippen LogP contribution in [0.4, 0.5) is 0 Å². The molecule has 0 unspecified atom stereocenters. The van der Waals surface area contributed by atoms with E-state index in [9.17, 15) is 0 Å². The molecule has 2 aromatic rings. The Morgan fingerprint density at radius 1 is 1.21 bits per heavy atom. The summed E-state index contributed by atoms with van der Waals surface area (Å²) in [6, 6.07) is 8.63. The third-order valence-corrected chi connectivity index (χ3v) is 4.50. The number of aromatic nitrogens is 2. The molecule has 0 amide bonds. The lowest BCUT2D eigenvalue weighted by Crippen LogP contribution is -2.39. The van der Waals surface area contributed by atoms with Gasteiger partial charge >= 0.3 is 0 Å². The second-order valence-electron chi connectivity index (χ2n) is 6.40. The number of nitrogens with zero attached hydrogens (tertiary/aromatic N) is 2. The minimum atomic E-state index is 0. The van der Waals surface area contributed by atoms with Crippen molar-refractivity contribution >= 4 is 41.0 Å². The zero-order chi connectivity index (χ0) is 15.9. The van der Waals surface area contributed by atoms with Crippen LogP contribution in [0.1, 0.15) is 50.8 Å². The summed E-state index contributed by atoms with van der Waals surface area (Å²) in [5.74, 6) is 1.62. The molecule has 0 radical (unpaired) electrons. The van der Waals surface area contributed by atoms with E-state index in [1.165, 1.54) is 38.5 Å². The van der Waals surface area contributed by atoms with Gasteiger partial charge in [-0.3, -0.25) is 4.99 Å². The first-order valence-corrected chi connectivity index (χ1v) is 8.81. The summed E-state index contributed by atoms with van der Waals surface area (Å²) in [6.07, 6.45) is 9.60. The molecule has 5 nitrogen and oxygen atoms in total. The van der Waals surface area contributed by atoms with Crippen LogP contribution < -0.4 is 11.1 Å². The molecule has 0 atom stereocenters. The zero-order valence-electron chi connectivity index (χ0n) is 14.1. The topological polar surface area (TPSA) is 79.1 Å². The lowest BCUT2D eigenvalue weighted by molar-refractivity contribution is 0.530. The molecule has 6 heteroatoms. The highest BCUT2D eigenvalue weighted by molar-refractivity contribution is 14.0. The van der Waals surface area contributed by atoms with Crippen molar-refractivity contribution in [2.75, 3.05) is 6.54 Å². The van der Waals surface area contributed by atoms with Crippen LogP contribution in [0.2, 0.25) is 0 Å². The van der Waals surface area contributed by atoms with E-state index >= 15 is 0 Å². The third-order valence-electron chi connectivity index (χ3n) is 4.50. The van der Waals surface area contributed by atoms with E-state index in [0.717, 1.165) is 36.2 Å². The zero-order valence-corrected chi connectivity index (χ0v) is 16.5. The molecule has 0 bridgehead atoms. The third kappa shape index (κ3) is 5.65. The molecule has 24 heavy (non-hydrogen) atoms. The number of aryl methyl sites for hydroxylation is 1. The lowest BCUT2D eigenvalue weighted by Gasteiger charge is -2.16. The van der Waals surface area contributed by atoms with Crippen LogP contribution in [0.3, 0.4) is 0 Å². The first kappa shape index (κ1) is 19.0. The van der Waals surface area contributed by atoms with Gasteiger partial charge in [-0.05, 0) is 31.4 Å². The van der Waals surface area contributed by atoms with Gasteiger partial charge in [0.2, 0.25) is 0 Å². The van der Waals surface area contributed by atoms with Gasteiger partial charge in [0.05, 0.1) is 11.0 Å². The lowest BCUT2D eigenvalue weighted by atomic mass is 10.1. The number of rotatable bonds is 5. The van der Waals surface area contributed by atoms with Crippen molar-refractivity contribution in [1.82, 2.24) is 15.3 Å². The molecule has 132 valence electrons. The number of H-pyrrole nitrogens is 1. The van der Waals surface area contributed by atoms with Crippen molar-refractivity contribution in [2.45, 2.75) is 57.4 Å². The largest absolute Gasteiger partial charge is 0.370 e. The smallest absolute Gasteiger partial charge is 0.188 e. The minimum absolute atomic E-state index is 0. The summed E-state index contributed by atoms with van der Waals surface area (Å²) in [5, 5.41) is 3.38. The Morgan fingerprint density at radius 2 is 1.96 bits per heavy atom. The van der Waals surface area contributed by atoms with E-state index in [1.807, 2.05) is 18.2 Å². The van der Waals surface area contributed by atoms with Gasteiger partial charge in [0, 0.05) is 19.0 Å². The van der Waals surface area contributed by atoms with Crippen molar-refractivity contribution in [3.05, 3.63) is 30.1 Å². The number of imidazole rings is 1. The van der Waals surface area contributed by atoms with Crippen LogP contribution in [0.5, 0.6) is 0 Å². The molecule has 1 aliphatic carbocycles. The Labute approximate surface area is 160 Å². The summed E-state index contributed by atoms with van der Waals surface area (Å²) in [5.41, 5.74) is 8.14. The van der Waals surface area contributed by atoms with Crippen LogP contribution in [0, 0.1) is 0 Å². The number of nitrogens with two attached hydrogens (primary N) is 1. The van der Waals surface area contributed by atoms with Gasteiger partial charge in [-0.1, -0.05) is 37.8 Å². The van der Waals surface area contributed by atoms with Crippen LogP contribution >= 0.6 is 24.0 Å².